The van der Waals surface area contributed by atoms with Gasteiger partial charge in [-0.2, -0.15) is 0 Å². The maximum atomic E-state index is 13.1. The topological polar surface area (TPSA) is 85.3 Å². The van der Waals surface area contributed by atoms with Gasteiger partial charge in [0.2, 0.25) is 5.43 Å². The SMILES string of the molecule is C=CCn1c(SCc2cc(=O)c(O)co2)nc2sc(-c3ccccc3)cc2c1=O. The Labute approximate surface area is 173 Å². The molecule has 8 heteroatoms. The first-order chi connectivity index (χ1) is 14.1. The third kappa shape index (κ3) is 3.90. The Hall–Kier alpha value is -3.10. The van der Waals surface area contributed by atoms with Gasteiger partial charge in [-0.3, -0.25) is 14.2 Å². The summed E-state index contributed by atoms with van der Waals surface area (Å²) >= 11 is 2.75. The number of benzene rings is 1. The second-order valence-corrected chi connectivity index (χ2v) is 8.15. The molecule has 4 aromatic rings. The predicted octanol–water partition coefficient (Wildman–Crippen LogP) is 4.26. The van der Waals surface area contributed by atoms with E-state index in [1.807, 2.05) is 36.4 Å². The average Bonchev–Trinajstić information content (AvgIpc) is 3.16. The summed E-state index contributed by atoms with van der Waals surface area (Å²) in [5, 5.41) is 10.4. The van der Waals surface area contributed by atoms with Crippen LogP contribution in [0.25, 0.3) is 20.7 Å². The summed E-state index contributed by atoms with van der Waals surface area (Å²) in [5.41, 5.74) is 0.387. The largest absolute Gasteiger partial charge is 0.502 e. The molecule has 0 spiro atoms. The van der Waals surface area contributed by atoms with Gasteiger partial charge in [0, 0.05) is 17.5 Å². The summed E-state index contributed by atoms with van der Waals surface area (Å²) in [6.07, 6.45) is 2.65. The number of aromatic hydroxyl groups is 1. The number of rotatable bonds is 6. The minimum absolute atomic E-state index is 0.136. The van der Waals surface area contributed by atoms with Crippen molar-refractivity contribution in [3.63, 3.8) is 0 Å². The number of hydrogen-bond donors (Lipinski definition) is 1. The zero-order chi connectivity index (χ0) is 20.4. The molecule has 0 aliphatic heterocycles. The van der Waals surface area contributed by atoms with Gasteiger partial charge in [0.15, 0.2) is 10.9 Å². The highest BCUT2D eigenvalue weighted by Gasteiger charge is 2.15. The number of nitrogens with zero attached hydrogens (tertiary/aromatic N) is 2. The maximum absolute atomic E-state index is 13.1. The summed E-state index contributed by atoms with van der Waals surface area (Å²) in [6, 6.07) is 13.0. The van der Waals surface area contributed by atoms with Gasteiger partial charge < -0.3 is 9.52 Å². The van der Waals surface area contributed by atoms with Gasteiger partial charge in [-0.25, -0.2) is 4.98 Å². The van der Waals surface area contributed by atoms with Crippen LogP contribution >= 0.6 is 23.1 Å². The summed E-state index contributed by atoms with van der Waals surface area (Å²) < 4.78 is 6.79. The van der Waals surface area contributed by atoms with E-state index in [4.69, 9.17) is 4.42 Å². The van der Waals surface area contributed by atoms with E-state index in [1.54, 1.807) is 10.6 Å². The first kappa shape index (κ1) is 19.2. The van der Waals surface area contributed by atoms with E-state index < -0.39 is 11.2 Å². The van der Waals surface area contributed by atoms with E-state index >= 15 is 0 Å². The number of thiophene rings is 1. The molecule has 0 amide bonds. The van der Waals surface area contributed by atoms with Crippen molar-refractivity contribution in [2.75, 3.05) is 0 Å². The smallest absolute Gasteiger partial charge is 0.263 e. The highest BCUT2D eigenvalue weighted by molar-refractivity contribution is 7.98. The average molecular weight is 425 g/mol. The molecule has 0 aliphatic rings. The lowest BCUT2D eigenvalue weighted by molar-refractivity contribution is 0.419. The minimum atomic E-state index is -0.510. The quantitative estimate of drug-likeness (QED) is 0.283. The fourth-order valence-corrected chi connectivity index (χ4v) is 4.77. The Balaban J connectivity index is 1.74. The molecule has 1 aromatic carbocycles. The van der Waals surface area contributed by atoms with E-state index in [2.05, 4.69) is 11.6 Å². The molecule has 29 heavy (non-hydrogen) atoms. The molecule has 3 heterocycles. The summed E-state index contributed by atoms with van der Waals surface area (Å²) in [4.78, 5) is 31.0. The van der Waals surface area contributed by atoms with Crippen LogP contribution in [0.3, 0.4) is 0 Å². The molecule has 0 saturated carbocycles. The minimum Gasteiger partial charge on any atom is -0.502 e. The first-order valence-corrected chi connectivity index (χ1v) is 10.5. The molecule has 0 bridgehead atoms. The first-order valence-electron chi connectivity index (χ1n) is 8.71. The number of aromatic nitrogens is 2. The van der Waals surface area contributed by atoms with Gasteiger partial charge in [0.1, 0.15) is 16.9 Å². The maximum Gasteiger partial charge on any atom is 0.263 e. The molecule has 0 saturated heterocycles. The van der Waals surface area contributed by atoms with Crippen LogP contribution in [0.5, 0.6) is 5.75 Å². The molecule has 146 valence electrons. The molecular formula is C21H16N2O4S2. The van der Waals surface area contributed by atoms with E-state index in [0.717, 1.165) is 16.7 Å². The van der Waals surface area contributed by atoms with Crippen molar-refractivity contribution in [1.82, 2.24) is 9.55 Å². The molecule has 0 atom stereocenters. The normalized spacial score (nSPS) is 11.0. The lowest BCUT2D eigenvalue weighted by Crippen LogP contribution is -2.22. The molecule has 0 radical (unpaired) electrons. The molecule has 4 rings (SSSR count). The van der Waals surface area contributed by atoms with Gasteiger partial charge in [0.25, 0.3) is 5.56 Å². The van der Waals surface area contributed by atoms with Gasteiger partial charge in [0.05, 0.1) is 11.1 Å². The Morgan fingerprint density at radius 2 is 2.03 bits per heavy atom. The Kier molecular flexibility index (Phi) is 5.37. The summed E-state index contributed by atoms with van der Waals surface area (Å²) in [5.74, 6) is 0.240. The predicted molar refractivity (Wildman–Crippen MR) is 116 cm³/mol. The third-order valence-electron chi connectivity index (χ3n) is 4.20. The van der Waals surface area contributed by atoms with Crippen molar-refractivity contribution < 1.29 is 9.52 Å². The Morgan fingerprint density at radius 1 is 1.24 bits per heavy atom. The van der Waals surface area contributed by atoms with Gasteiger partial charge in [-0.15, -0.1) is 17.9 Å². The summed E-state index contributed by atoms with van der Waals surface area (Å²) in [6.45, 7) is 4.05. The van der Waals surface area contributed by atoms with Crippen molar-refractivity contribution >= 4 is 33.3 Å². The molecule has 0 unspecified atom stereocenters. The van der Waals surface area contributed by atoms with Crippen LogP contribution in [0.15, 0.2) is 80.5 Å². The van der Waals surface area contributed by atoms with Gasteiger partial charge in [-0.1, -0.05) is 48.2 Å². The fourth-order valence-electron chi connectivity index (χ4n) is 2.80. The number of allylic oxidation sites excluding steroid dienone is 1. The van der Waals surface area contributed by atoms with E-state index in [0.29, 0.717) is 33.4 Å². The number of fused-ring (bicyclic) bond motifs is 1. The summed E-state index contributed by atoms with van der Waals surface area (Å²) in [7, 11) is 0. The van der Waals surface area contributed by atoms with Crippen LogP contribution in [0.2, 0.25) is 0 Å². The molecule has 3 aromatic heterocycles. The van der Waals surface area contributed by atoms with Crippen molar-refractivity contribution in [3.8, 4) is 16.2 Å². The van der Waals surface area contributed by atoms with E-state index in [-0.39, 0.29) is 5.56 Å². The highest BCUT2D eigenvalue weighted by atomic mass is 32.2. The van der Waals surface area contributed by atoms with Gasteiger partial charge >= 0.3 is 0 Å². The van der Waals surface area contributed by atoms with E-state index in [1.165, 1.54) is 29.2 Å². The highest BCUT2D eigenvalue weighted by Crippen LogP contribution is 2.32. The van der Waals surface area contributed by atoms with Crippen LogP contribution < -0.4 is 11.0 Å². The lowest BCUT2D eigenvalue weighted by Gasteiger charge is -2.09. The Morgan fingerprint density at radius 3 is 2.76 bits per heavy atom. The third-order valence-corrected chi connectivity index (χ3v) is 6.27. The molecular weight excluding hydrogens is 408 g/mol. The van der Waals surface area contributed by atoms with Gasteiger partial charge in [-0.05, 0) is 11.6 Å². The second kappa shape index (κ2) is 8.10. The fraction of sp³-hybridized carbons (Fsp3) is 0.0952. The standard InChI is InChI=1S/C21H16N2O4S2/c1-2-8-23-20(26)15-10-18(13-6-4-3-5-7-13)29-19(15)22-21(23)28-12-14-9-16(24)17(25)11-27-14/h2-7,9-11,25H,1,8,12H2. The molecule has 0 aliphatic carbocycles. The van der Waals surface area contributed by atoms with Crippen LogP contribution in [0, 0.1) is 0 Å². The lowest BCUT2D eigenvalue weighted by atomic mass is 10.2. The molecule has 1 N–H and O–H groups in total. The van der Waals surface area contributed by atoms with Crippen LogP contribution in [-0.2, 0) is 12.3 Å². The van der Waals surface area contributed by atoms with Crippen LogP contribution in [0.1, 0.15) is 5.76 Å². The van der Waals surface area contributed by atoms with Crippen LogP contribution in [-0.4, -0.2) is 14.7 Å². The van der Waals surface area contributed by atoms with Crippen LogP contribution in [0.4, 0.5) is 0 Å². The van der Waals surface area contributed by atoms with Crippen molar-refractivity contribution in [2.24, 2.45) is 0 Å². The zero-order valence-electron chi connectivity index (χ0n) is 15.2. The van der Waals surface area contributed by atoms with Crippen molar-refractivity contribution in [3.05, 3.63) is 87.7 Å². The van der Waals surface area contributed by atoms with Crippen molar-refractivity contribution in [2.45, 2.75) is 17.5 Å². The Bertz CT molecular complexity index is 1310. The molecule has 0 fully saturated rings. The monoisotopic (exact) mass is 424 g/mol. The van der Waals surface area contributed by atoms with E-state index in [9.17, 15) is 14.7 Å². The van der Waals surface area contributed by atoms with Crippen molar-refractivity contribution in [1.29, 1.82) is 0 Å². The number of hydrogen-bond acceptors (Lipinski definition) is 7. The molecule has 6 nitrogen and oxygen atoms in total. The number of thioether (sulfide) groups is 1. The zero-order valence-corrected chi connectivity index (χ0v) is 16.8. The second-order valence-electron chi connectivity index (χ2n) is 6.18.